The number of aromatic nitrogens is 2. The van der Waals surface area contributed by atoms with Crippen LogP contribution in [-0.2, 0) is 22.6 Å². The number of carboxylic acids is 1. The minimum Gasteiger partial charge on any atom is -0.481 e. The van der Waals surface area contributed by atoms with Crippen molar-refractivity contribution in [2.45, 2.75) is 52.1 Å². The molecule has 0 unspecified atom stereocenters. The third-order valence-corrected chi connectivity index (χ3v) is 3.66. The maximum Gasteiger partial charge on any atom is 0.303 e. The van der Waals surface area contributed by atoms with E-state index in [0.717, 1.165) is 25.7 Å². The Bertz CT molecular complexity index is 424. The van der Waals surface area contributed by atoms with Crippen molar-refractivity contribution in [3.8, 4) is 0 Å². The number of hydrogen-bond donors (Lipinski definition) is 1. The molecule has 1 aliphatic carbocycles. The summed E-state index contributed by atoms with van der Waals surface area (Å²) >= 11 is 0. The van der Waals surface area contributed by atoms with Gasteiger partial charge in [0, 0.05) is 13.0 Å². The van der Waals surface area contributed by atoms with E-state index in [9.17, 15) is 4.79 Å². The minimum atomic E-state index is -0.754. The van der Waals surface area contributed by atoms with E-state index in [1.807, 2.05) is 6.92 Å². The molecule has 1 fully saturated rings. The summed E-state index contributed by atoms with van der Waals surface area (Å²) in [6, 6.07) is 0. The Hall–Kier alpha value is -1.43. The van der Waals surface area contributed by atoms with Crippen molar-refractivity contribution < 1.29 is 19.2 Å². The Morgan fingerprint density at radius 3 is 2.84 bits per heavy atom. The molecule has 1 aromatic heterocycles. The van der Waals surface area contributed by atoms with E-state index in [2.05, 4.69) is 10.1 Å². The highest BCUT2D eigenvalue weighted by Gasteiger charge is 2.37. The van der Waals surface area contributed by atoms with E-state index in [1.165, 1.54) is 0 Å². The maximum absolute atomic E-state index is 11.0. The molecule has 0 saturated heterocycles. The molecule has 0 atom stereocenters. The van der Waals surface area contributed by atoms with Gasteiger partial charge in [0.05, 0.1) is 6.42 Å². The fourth-order valence-corrected chi connectivity index (χ4v) is 2.80. The summed E-state index contributed by atoms with van der Waals surface area (Å²) in [7, 11) is 0. The van der Waals surface area contributed by atoms with Crippen LogP contribution in [0.15, 0.2) is 4.52 Å². The van der Waals surface area contributed by atoms with Gasteiger partial charge in [-0.1, -0.05) is 18.0 Å². The number of rotatable bonds is 7. The van der Waals surface area contributed by atoms with Gasteiger partial charge in [-0.25, -0.2) is 0 Å². The molecule has 0 aliphatic heterocycles. The average Bonchev–Trinajstić information content (AvgIpc) is 2.96. The van der Waals surface area contributed by atoms with Gasteiger partial charge in [0.1, 0.15) is 6.61 Å². The summed E-state index contributed by atoms with van der Waals surface area (Å²) in [5.41, 5.74) is -0.207. The van der Waals surface area contributed by atoms with Gasteiger partial charge in [0.2, 0.25) is 5.89 Å². The van der Waals surface area contributed by atoms with Crippen molar-refractivity contribution >= 4 is 5.97 Å². The molecule has 19 heavy (non-hydrogen) atoms. The van der Waals surface area contributed by atoms with Gasteiger partial charge < -0.3 is 14.4 Å². The quantitative estimate of drug-likeness (QED) is 0.815. The number of aliphatic carboxylic acids is 1. The van der Waals surface area contributed by atoms with Crippen LogP contribution in [0.1, 0.15) is 50.7 Å². The van der Waals surface area contributed by atoms with E-state index in [4.69, 9.17) is 14.4 Å². The van der Waals surface area contributed by atoms with Gasteiger partial charge >= 0.3 is 5.97 Å². The van der Waals surface area contributed by atoms with Crippen LogP contribution >= 0.6 is 0 Å². The van der Waals surface area contributed by atoms with Crippen LogP contribution in [0.25, 0.3) is 0 Å². The van der Waals surface area contributed by atoms with Crippen molar-refractivity contribution in [3.63, 3.8) is 0 Å². The zero-order chi connectivity index (χ0) is 13.7. The van der Waals surface area contributed by atoms with E-state index < -0.39 is 5.97 Å². The molecule has 0 aromatic carbocycles. The first-order chi connectivity index (χ1) is 9.13. The molecule has 1 N–H and O–H groups in total. The van der Waals surface area contributed by atoms with Crippen molar-refractivity contribution in [2.75, 3.05) is 6.61 Å². The summed E-state index contributed by atoms with van der Waals surface area (Å²) in [6.07, 6.45) is 4.72. The molecule has 1 heterocycles. The lowest BCUT2D eigenvalue weighted by Crippen LogP contribution is -2.24. The van der Waals surface area contributed by atoms with Gasteiger partial charge in [-0.3, -0.25) is 4.79 Å². The van der Waals surface area contributed by atoms with Crippen molar-refractivity contribution in [1.82, 2.24) is 10.1 Å². The normalized spacial score (nSPS) is 17.7. The Kier molecular flexibility index (Phi) is 4.52. The van der Waals surface area contributed by atoms with E-state index >= 15 is 0 Å². The molecule has 2 rings (SSSR count). The van der Waals surface area contributed by atoms with Crippen molar-refractivity contribution in [1.29, 1.82) is 0 Å². The van der Waals surface area contributed by atoms with Gasteiger partial charge in [-0.05, 0) is 25.2 Å². The molecule has 6 nitrogen and oxygen atoms in total. The van der Waals surface area contributed by atoms with Gasteiger partial charge in [-0.15, -0.1) is 0 Å². The lowest BCUT2D eigenvalue weighted by Gasteiger charge is -2.24. The molecule has 1 aromatic rings. The highest BCUT2D eigenvalue weighted by Crippen LogP contribution is 2.43. The minimum absolute atomic E-state index is 0.177. The van der Waals surface area contributed by atoms with Gasteiger partial charge in [0.25, 0.3) is 0 Å². The smallest absolute Gasteiger partial charge is 0.303 e. The zero-order valence-electron chi connectivity index (χ0n) is 11.2. The summed E-state index contributed by atoms with van der Waals surface area (Å²) < 4.78 is 10.4. The summed E-state index contributed by atoms with van der Waals surface area (Å²) in [6.45, 7) is 2.85. The van der Waals surface area contributed by atoms with Crippen LogP contribution in [-0.4, -0.2) is 27.8 Å². The predicted octanol–water partition coefficient (Wildman–Crippen LogP) is 2.18. The van der Waals surface area contributed by atoms with Crippen LogP contribution in [0.5, 0.6) is 0 Å². The fourth-order valence-electron chi connectivity index (χ4n) is 2.80. The summed E-state index contributed by atoms with van der Waals surface area (Å²) in [4.78, 5) is 15.3. The topological polar surface area (TPSA) is 85.5 Å². The molecular formula is C13H20N2O4. The summed E-state index contributed by atoms with van der Waals surface area (Å²) in [5.74, 6) is 0.300. The lowest BCUT2D eigenvalue weighted by molar-refractivity contribution is -0.139. The molecule has 0 amide bonds. The summed E-state index contributed by atoms with van der Waals surface area (Å²) in [5, 5.41) is 12.9. The van der Waals surface area contributed by atoms with Crippen LogP contribution in [0, 0.1) is 5.41 Å². The van der Waals surface area contributed by atoms with Crippen molar-refractivity contribution in [2.24, 2.45) is 5.41 Å². The van der Waals surface area contributed by atoms with Crippen molar-refractivity contribution in [3.05, 3.63) is 11.7 Å². The SMILES string of the molecule is CCOCc1noc(CC2(CC(=O)O)CCCC2)n1. The van der Waals surface area contributed by atoms with Crippen LogP contribution in [0.2, 0.25) is 0 Å². The van der Waals surface area contributed by atoms with Crippen LogP contribution in [0.3, 0.4) is 0 Å². The molecule has 106 valence electrons. The first-order valence-corrected chi connectivity index (χ1v) is 6.74. The second-order valence-corrected chi connectivity index (χ2v) is 5.20. The first-order valence-electron chi connectivity index (χ1n) is 6.74. The number of ether oxygens (including phenoxy) is 1. The molecule has 1 saturated carbocycles. The molecule has 0 bridgehead atoms. The molecular weight excluding hydrogens is 248 g/mol. The Labute approximate surface area is 112 Å². The highest BCUT2D eigenvalue weighted by atomic mass is 16.5. The Morgan fingerprint density at radius 2 is 2.21 bits per heavy atom. The van der Waals surface area contributed by atoms with E-state index in [-0.39, 0.29) is 11.8 Å². The largest absolute Gasteiger partial charge is 0.481 e. The monoisotopic (exact) mass is 268 g/mol. The molecule has 0 spiro atoms. The van der Waals surface area contributed by atoms with E-state index in [0.29, 0.717) is 31.3 Å². The maximum atomic E-state index is 11.0. The molecule has 6 heteroatoms. The van der Waals surface area contributed by atoms with E-state index in [1.54, 1.807) is 0 Å². The number of carbonyl (C=O) groups is 1. The standard InChI is InChI=1S/C13H20N2O4/c1-2-18-9-10-14-11(19-15-10)7-13(8-12(16)17)5-3-4-6-13/h2-9H2,1H3,(H,16,17). The van der Waals surface area contributed by atoms with Crippen LogP contribution in [0.4, 0.5) is 0 Å². The fraction of sp³-hybridized carbons (Fsp3) is 0.769. The molecule has 1 aliphatic rings. The number of hydrogen-bond acceptors (Lipinski definition) is 5. The Balaban J connectivity index is 2.00. The molecule has 0 radical (unpaired) electrons. The van der Waals surface area contributed by atoms with Crippen LogP contribution < -0.4 is 0 Å². The average molecular weight is 268 g/mol. The third kappa shape index (κ3) is 3.76. The second kappa shape index (κ2) is 6.14. The van der Waals surface area contributed by atoms with Gasteiger partial charge in [-0.2, -0.15) is 4.98 Å². The van der Waals surface area contributed by atoms with Gasteiger partial charge in [0.15, 0.2) is 5.82 Å². The zero-order valence-corrected chi connectivity index (χ0v) is 11.2. The lowest BCUT2D eigenvalue weighted by atomic mass is 9.79. The number of nitrogens with zero attached hydrogens (tertiary/aromatic N) is 2. The highest BCUT2D eigenvalue weighted by molar-refractivity contribution is 5.67. The number of carboxylic acid groups (broad SMARTS) is 1. The second-order valence-electron chi connectivity index (χ2n) is 5.20. The third-order valence-electron chi connectivity index (χ3n) is 3.66. The first kappa shape index (κ1) is 14.0. The predicted molar refractivity (Wildman–Crippen MR) is 66.5 cm³/mol. The Morgan fingerprint density at radius 1 is 1.47 bits per heavy atom.